The molecule has 0 amide bonds. The van der Waals surface area contributed by atoms with Gasteiger partial charge in [-0.3, -0.25) is 9.80 Å². The predicted octanol–water partition coefficient (Wildman–Crippen LogP) is 1.56. The van der Waals surface area contributed by atoms with Crippen LogP contribution in [0, 0.1) is 5.92 Å². The third-order valence-corrected chi connectivity index (χ3v) is 4.53. The molecule has 1 aromatic heterocycles. The Morgan fingerprint density at radius 1 is 1.26 bits per heavy atom. The van der Waals surface area contributed by atoms with E-state index in [0.717, 1.165) is 38.4 Å². The van der Waals surface area contributed by atoms with Crippen molar-refractivity contribution in [1.82, 2.24) is 9.80 Å². The number of piperidine rings is 1. The quantitative estimate of drug-likeness (QED) is 0.896. The highest BCUT2D eigenvalue weighted by atomic mass is 16.3. The summed E-state index contributed by atoms with van der Waals surface area (Å²) in [6.07, 6.45) is 5.48. The zero-order valence-electron chi connectivity index (χ0n) is 11.5. The van der Waals surface area contributed by atoms with Crippen molar-refractivity contribution in [2.24, 2.45) is 5.92 Å². The van der Waals surface area contributed by atoms with Gasteiger partial charge < -0.3 is 9.52 Å². The summed E-state index contributed by atoms with van der Waals surface area (Å²) in [5.74, 6) is 1.57. The SMILES string of the molecule is OCC1CCN(C2CCCN(Cc3ccco3)C2)C1. The highest BCUT2D eigenvalue weighted by Gasteiger charge is 2.30. The summed E-state index contributed by atoms with van der Waals surface area (Å²) in [5.41, 5.74) is 0. The van der Waals surface area contributed by atoms with E-state index in [-0.39, 0.29) is 0 Å². The molecule has 2 aliphatic heterocycles. The molecule has 0 spiro atoms. The topological polar surface area (TPSA) is 39.9 Å². The summed E-state index contributed by atoms with van der Waals surface area (Å²) in [4.78, 5) is 5.08. The van der Waals surface area contributed by atoms with Gasteiger partial charge in [0.25, 0.3) is 0 Å². The molecule has 3 rings (SSSR count). The van der Waals surface area contributed by atoms with E-state index in [1.54, 1.807) is 6.26 Å². The van der Waals surface area contributed by atoms with Gasteiger partial charge in [0.05, 0.1) is 12.8 Å². The minimum absolute atomic E-state index is 0.347. The maximum absolute atomic E-state index is 9.26. The van der Waals surface area contributed by atoms with E-state index in [9.17, 15) is 5.11 Å². The molecule has 2 saturated heterocycles. The molecule has 0 radical (unpaired) electrons. The zero-order chi connectivity index (χ0) is 13.1. The molecule has 3 heterocycles. The Morgan fingerprint density at radius 2 is 2.21 bits per heavy atom. The average Bonchev–Trinajstić information content (AvgIpc) is 3.09. The van der Waals surface area contributed by atoms with Gasteiger partial charge >= 0.3 is 0 Å². The first-order valence-electron chi connectivity index (χ1n) is 7.45. The van der Waals surface area contributed by atoms with Gasteiger partial charge in [0, 0.05) is 25.7 Å². The van der Waals surface area contributed by atoms with Crippen molar-refractivity contribution in [3.8, 4) is 0 Å². The van der Waals surface area contributed by atoms with Crippen LogP contribution in [-0.2, 0) is 6.54 Å². The summed E-state index contributed by atoms with van der Waals surface area (Å²) in [7, 11) is 0. The van der Waals surface area contributed by atoms with Crippen LogP contribution in [0.3, 0.4) is 0 Å². The lowest BCUT2D eigenvalue weighted by atomic mass is 10.0. The number of aliphatic hydroxyl groups excluding tert-OH is 1. The number of hydrogen-bond donors (Lipinski definition) is 1. The maximum atomic E-state index is 9.26. The first kappa shape index (κ1) is 13.2. The number of furan rings is 1. The number of rotatable bonds is 4. The second kappa shape index (κ2) is 6.07. The van der Waals surface area contributed by atoms with Crippen molar-refractivity contribution in [2.45, 2.75) is 31.8 Å². The molecule has 2 unspecified atom stereocenters. The Hall–Kier alpha value is -0.840. The summed E-state index contributed by atoms with van der Waals surface area (Å²) in [5, 5.41) is 9.26. The van der Waals surface area contributed by atoms with Crippen LogP contribution in [0.5, 0.6) is 0 Å². The number of nitrogens with zero attached hydrogens (tertiary/aromatic N) is 2. The van der Waals surface area contributed by atoms with Gasteiger partial charge in [-0.2, -0.15) is 0 Å². The molecule has 1 N–H and O–H groups in total. The van der Waals surface area contributed by atoms with Crippen LogP contribution in [-0.4, -0.2) is 53.7 Å². The second-order valence-electron chi connectivity index (χ2n) is 5.94. The second-order valence-corrected chi connectivity index (χ2v) is 5.94. The van der Waals surface area contributed by atoms with Gasteiger partial charge in [-0.05, 0) is 50.4 Å². The van der Waals surface area contributed by atoms with Gasteiger partial charge in [0.1, 0.15) is 5.76 Å². The molecule has 4 heteroatoms. The van der Waals surface area contributed by atoms with Gasteiger partial charge in [-0.25, -0.2) is 0 Å². The molecule has 2 atom stereocenters. The summed E-state index contributed by atoms with van der Waals surface area (Å²) in [6, 6.07) is 4.69. The van der Waals surface area contributed by atoms with Crippen LogP contribution in [0.15, 0.2) is 22.8 Å². The Morgan fingerprint density at radius 3 is 2.95 bits per heavy atom. The van der Waals surface area contributed by atoms with E-state index in [1.165, 1.54) is 19.4 Å². The minimum Gasteiger partial charge on any atom is -0.468 e. The fraction of sp³-hybridized carbons (Fsp3) is 0.733. The smallest absolute Gasteiger partial charge is 0.117 e. The van der Waals surface area contributed by atoms with Crippen molar-refractivity contribution >= 4 is 0 Å². The van der Waals surface area contributed by atoms with Crippen molar-refractivity contribution in [3.05, 3.63) is 24.2 Å². The van der Waals surface area contributed by atoms with E-state index < -0.39 is 0 Å². The first-order valence-corrected chi connectivity index (χ1v) is 7.45. The highest BCUT2D eigenvalue weighted by molar-refractivity contribution is 4.98. The van der Waals surface area contributed by atoms with E-state index in [2.05, 4.69) is 15.9 Å². The number of likely N-dealkylation sites (tertiary alicyclic amines) is 2. The van der Waals surface area contributed by atoms with Crippen LogP contribution in [0.25, 0.3) is 0 Å². The molecular formula is C15H24N2O2. The third kappa shape index (κ3) is 3.19. The lowest BCUT2D eigenvalue weighted by Crippen LogP contribution is -2.46. The van der Waals surface area contributed by atoms with E-state index in [0.29, 0.717) is 18.6 Å². The summed E-state index contributed by atoms with van der Waals surface area (Å²) in [6.45, 7) is 5.83. The first-order chi connectivity index (χ1) is 9.35. The molecule has 1 aromatic rings. The number of aliphatic hydroxyl groups is 1. The van der Waals surface area contributed by atoms with Crippen molar-refractivity contribution in [2.75, 3.05) is 32.8 Å². The zero-order valence-corrected chi connectivity index (χ0v) is 11.5. The fourth-order valence-electron chi connectivity index (χ4n) is 3.44. The monoisotopic (exact) mass is 264 g/mol. The van der Waals surface area contributed by atoms with Crippen molar-refractivity contribution in [1.29, 1.82) is 0 Å². The Balaban J connectivity index is 1.53. The van der Waals surface area contributed by atoms with Crippen LogP contribution in [0.4, 0.5) is 0 Å². The van der Waals surface area contributed by atoms with E-state index in [4.69, 9.17) is 4.42 Å². The normalized spacial score (nSPS) is 29.9. The Kier molecular flexibility index (Phi) is 4.21. The molecular weight excluding hydrogens is 240 g/mol. The molecule has 2 fully saturated rings. The molecule has 0 aromatic carbocycles. The van der Waals surface area contributed by atoms with Crippen LogP contribution in [0.1, 0.15) is 25.0 Å². The largest absolute Gasteiger partial charge is 0.468 e. The van der Waals surface area contributed by atoms with Crippen LogP contribution >= 0.6 is 0 Å². The summed E-state index contributed by atoms with van der Waals surface area (Å²) < 4.78 is 5.44. The predicted molar refractivity (Wildman–Crippen MR) is 73.8 cm³/mol. The van der Waals surface area contributed by atoms with E-state index in [1.807, 2.05) is 6.07 Å². The Labute approximate surface area is 115 Å². The molecule has 4 nitrogen and oxygen atoms in total. The van der Waals surface area contributed by atoms with E-state index >= 15 is 0 Å². The summed E-state index contributed by atoms with van der Waals surface area (Å²) >= 11 is 0. The lowest BCUT2D eigenvalue weighted by Gasteiger charge is -2.37. The van der Waals surface area contributed by atoms with Crippen molar-refractivity contribution < 1.29 is 9.52 Å². The van der Waals surface area contributed by atoms with Gasteiger partial charge in [0.15, 0.2) is 0 Å². The van der Waals surface area contributed by atoms with Crippen LogP contribution in [0.2, 0.25) is 0 Å². The molecule has 0 bridgehead atoms. The molecule has 106 valence electrons. The average molecular weight is 264 g/mol. The van der Waals surface area contributed by atoms with Crippen molar-refractivity contribution in [3.63, 3.8) is 0 Å². The maximum Gasteiger partial charge on any atom is 0.117 e. The van der Waals surface area contributed by atoms with Gasteiger partial charge in [-0.15, -0.1) is 0 Å². The molecule has 0 aliphatic carbocycles. The molecule has 19 heavy (non-hydrogen) atoms. The Bertz CT molecular complexity index is 380. The van der Waals surface area contributed by atoms with Gasteiger partial charge in [-0.1, -0.05) is 0 Å². The standard InChI is InChI=1S/C15H24N2O2/c18-12-13-5-7-17(9-13)14-3-1-6-16(10-14)11-15-4-2-8-19-15/h2,4,8,13-14,18H,1,3,5-7,9-12H2. The lowest BCUT2D eigenvalue weighted by molar-refractivity contribution is 0.0995. The minimum atomic E-state index is 0.347. The third-order valence-electron chi connectivity index (χ3n) is 4.53. The van der Waals surface area contributed by atoms with Crippen LogP contribution < -0.4 is 0 Å². The molecule has 0 saturated carbocycles. The molecule has 2 aliphatic rings. The van der Waals surface area contributed by atoms with Gasteiger partial charge in [0.2, 0.25) is 0 Å². The fourth-order valence-corrected chi connectivity index (χ4v) is 3.44. The number of hydrogen-bond acceptors (Lipinski definition) is 4. The highest BCUT2D eigenvalue weighted by Crippen LogP contribution is 2.24.